The van der Waals surface area contributed by atoms with Gasteiger partial charge in [-0.25, -0.2) is 0 Å². The van der Waals surface area contributed by atoms with Gasteiger partial charge in [-0.3, -0.25) is 9.78 Å². The molecule has 0 saturated heterocycles. The van der Waals surface area contributed by atoms with Crippen molar-refractivity contribution >= 4 is 54.4 Å². The van der Waals surface area contributed by atoms with Gasteiger partial charge < -0.3 is 19.5 Å². The zero-order chi connectivity index (χ0) is 19.4. The van der Waals surface area contributed by atoms with E-state index in [1.54, 1.807) is 31.5 Å². The van der Waals surface area contributed by atoms with Crippen molar-refractivity contribution in [2.24, 2.45) is 0 Å². The number of fused-ring (bicyclic) bond motifs is 1. The number of halogens is 2. The minimum absolute atomic E-state index is 0.179. The van der Waals surface area contributed by atoms with E-state index in [1.165, 1.54) is 7.11 Å². The van der Waals surface area contributed by atoms with Crippen LogP contribution in [0.3, 0.4) is 0 Å². The van der Waals surface area contributed by atoms with Gasteiger partial charge >= 0.3 is 0 Å². The second kappa shape index (κ2) is 8.58. The summed E-state index contributed by atoms with van der Waals surface area (Å²) in [6.07, 6.45) is 1.68. The molecule has 0 unspecified atom stereocenters. The first-order valence-corrected chi connectivity index (χ1v) is 9.49. The van der Waals surface area contributed by atoms with Crippen molar-refractivity contribution in [3.8, 4) is 17.2 Å². The van der Waals surface area contributed by atoms with Gasteiger partial charge in [-0.05, 0) is 40.2 Å². The summed E-state index contributed by atoms with van der Waals surface area (Å²) in [5, 5.41) is 3.67. The van der Waals surface area contributed by atoms with E-state index in [-0.39, 0.29) is 12.5 Å². The number of anilines is 1. The number of nitrogens with zero attached hydrogens (tertiary/aromatic N) is 1. The summed E-state index contributed by atoms with van der Waals surface area (Å²) < 4.78 is 17.8. The van der Waals surface area contributed by atoms with Crippen LogP contribution in [0.5, 0.6) is 17.2 Å². The molecular weight excluding hydrogens is 480 g/mol. The lowest BCUT2D eigenvalue weighted by Gasteiger charge is -2.14. The fourth-order valence-corrected chi connectivity index (χ4v) is 3.90. The predicted molar refractivity (Wildman–Crippen MR) is 111 cm³/mol. The van der Waals surface area contributed by atoms with Gasteiger partial charge in [0.25, 0.3) is 5.91 Å². The van der Waals surface area contributed by atoms with Gasteiger partial charge in [0, 0.05) is 22.1 Å². The Hall–Kier alpha value is -2.32. The largest absolute Gasteiger partial charge is 0.497 e. The van der Waals surface area contributed by atoms with Crippen molar-refractivity contribution in [1.82, 2.24) is 4.98 Å². The fourth-order valence-electron chi connectivity index (χ4n) is 2.51. The molecule has 3 rings (SSSR count). The van der Waals surface area contributed by atoms with Crippen LogP contribution in [0.25, 0.3) is 10.9 Å². The maximum Gasteiger partial charge on any atom is 0.262 e. The molecule has 2 aromatic carbocycles. The van der Waals surface area contributed by atoms with Gasteiger partial charge in [-0.15, -0.1) is 0 Å². The van der Waals surface area contributed by atoms with Crippen LogP contribution in [0.15, 0.2) is 51.5 Å². The van der Waals surface area contributed by atoms with Crippen LogP contribution in [0, 0.1) is 0 Å². The quantitative estimate of drug-likeness (QED) is 0.532. The Balaban J connectivity index is 1.76. The van der Waals surface area contributed by atoms with E-state index in [0.29, 0.717) is 32.9 Å². The van der Waals surface area contributed by atoms with Gasteiger partial charge in [0.05, 0.1) is 24.4 Å². The first-order valence-electron chi connectivity index (χ1n) is 7.91. The van der Waals surface area contributed by atoms with Crippen LogP contribution in [0.4, 0.5) is 5.69 Å². The van der Waals surface area contributed by atoms with Crippen molar-refractivity contribution in [1.29, 1.82) is 0 Å². The number of methoxy groups -OCH3 is 2. The second-order valence-corrected chi connectivity index (χ2v) is 7.18. The molecular formula is C19H16Br2N2O4. The minimum atomic E-state index is -0.322. The van der Waals surface area contributed by atoms with Crippen LogP contribution < -0.4 is 19.5 Å². The van der Waals surface area contributed by atoms with E-state index >= 15 is 0 Å². The van der Waals surface area contributed by atoms with Gasteiger partial charge in [0.15, 0.2) is 12.4 Å². The molecule has 0 aliphatic rings. The number of pyridine rings is 1. The van der Waals surface area contributed by atoms with Crippen LogP contribution in [-0.4, -0.2) is 31.7 Å². The first-order chi connectivity index (χ1) is 13.0. The third kappa shape index (κ3) is 4.33. The van der Waals surface area contributed by atoms with Crippen molar-refractivity contribution in [2.45, 2.75) is 0 Å². The molecule has 0 atom stereocenters. The maximum absolute atomic E-state index is 12.4. The normalized spacial score (nSPS) is 10.5. The molecule has 3 aromatic rings. The van der Waals surface area contributed by atoms with Crippen molar-refractivity contribution in [3.05, 3.63) is 51.5 Å². The van der Waals surface area contributed by atoms with E-state index in [9.17, 15) is 4.79 Å². The van der Waals surface area contributed by atoms with Crippen LogP contribution in [0.1, 0.15) is 0 Å². The summed E-state index contributed by atoms with van der Waals surface area (Å²) in [5.41, 5.74) is 1.19. The van der Waals surface area contributed by atoms with Gasteiger partial charge in [0.1, 0.15) is 17.0 Å². The molecule has 0 fully saturated rings. The van der Waals surface area contributed by atoms with Gasteiger partial charge in [0.2, 0.25) is 0 Å². The SMILES string of the molecule is COc1ccc(NC(=O)COc2c(Br)cc(Br)c3cccnc23)c(OC)c1. The van der Waals surface area contributed by atoms with Crippen molar-refractivity contribution in [2.75, 3.05) is 26.1 Å². The molecule has 140 valence electrons. The molecule has 1 heterocycles. The number of ether oxygens (including phenoxy) is 3. The Kier molecular flexibility index (Phi) is 6.18. The number of aromatic nitrogens is 1. The monoisotopic (exact) mass is 494 g/mol. The maximum atomic E-state index is 12.4. The van der Waals surface area contributed by atoms with E-state index in [1.807, 2.05) is 18.2 Å². The topological polar surface area (TPSA) is 69.7 Å². The van der Waals surface area contributed by atoms with Crippen LogP contribution in [0.2, 0.25) is 0 Å². The summed E-state index contributed by atoms with van der Waals surface area (Å²) >= 11 is 6.97. The summed E-state index contributed by atoms with van der Waals surface area (Å²) in [6.45, 7) is -0.179. The van der Waals surface area contributed by atoms with Crippen molar-refractivity contribution < 1.29 is 19.0 Å². The molecule has 0 saturated carbocycles. The van der Waals surface area contributed by atoms with Crippen LogP contribution >= 0.6 is 31.9 Å². The molecule has 1 amide bonds. The highest BCUT2D eigenvalue weighted by molar-refractivity contribution is 9.11. The Labute approximate surface area is 173 Å². The highest BCUT2D eigenvalue weighted by Gasteiger charge is 2.15. The predicted octanol–water partition coefficient (Wildman–Crippen LogP) is 4.79. The molecule has 1 aromatic heterocycles. The number of hydrogen-bond donors (Lipinski definition) is 1. The minimum Gasteiger partial charge on any atom is -0.497 e. The number of rotatable bonds is 6. The Morgan fingerprint density at radius 3 is 2.67 bits per heavy atom. The zero-order valence-electron chi connectivity index (χ0n) is 14.6. The third-order valence-corrected chi connectivity index (χ3v) is 5.03. The highest BCUT2D eigenvalue weighted by atomic mass is 79.9. The zero-order valence-corrected chi connectivity index (χ0v) is 17.8. The standard InChI is InChI=1S/C19H16Br2N2O4/c1-25-11-5-6-15(16(8-11)26-2)23-17(24)10-27-19-14(21)9-13(20)12-4-3-7-22-18(12)19/h3-9H,10H2,1-2H3,(H,23,24). The highest BCUT2D eigenvalue weighted by Crippen LogP contribution is 2.37. The second-order valence-electron chi connectivity index (χ2n) is 5.47. The van der Waals surface area contributed by atoms with Crippen molar-refractivity contribution in [3.63, 3.8) is 0 Å². The van der Waals surface area contributed by atoms with Gasteiger partial charge in [-0.2, -0.15) is 0 Å². The Bertz CT molecular complexity index is 995. The number of amides is 1. The van der Waals surface area contributed by atoms with E-state index in [0.717, 1.165) is 9.86 Å². The summed E-state index contributed by atoms with van der Waals surface area (Å²) in [6, 6.07) is 10.8. The molecule has 0 bridgehead atoms. The molecule has 27 heavy (non-hydrogen) atoms. The number of nitrogens with one attached hydrogen (secondary N) is 1. The van der Waals surface area contributed by atoms with Gasteiger partial charge in [-0.1, -0.05) is 22.0 Å². The first kappa shape index (κ1) is 19.4. The average molecular weight is 496 g/mol. The number of benzene rings is 2. The lowest BCUT2D eigenvalue weighted by atomic mass is 10.2. The summed E-state index contributed by atoms with van der Waals surface area (Å²) in [7, 11) is 3.09. The molecule has 1 N–H and O–H groups in total. The molecule has 0 aliphatic heterocycles. The molecule has 6 nitrogen and oxygen atoms in total. The summed E-state index contributed by atoms with van der Waals surface area (Å²) in [5.74, 6) is 1.32. The van der Waals surface area contributed by atoms with E-state index in [2.05, 4.69) is 42.2 Å². The van der Waals surface area contributed by atoms with Crippen LogP contribution in [-0.2, 0) is 4.79 Å². The average Bonchev–Trinajstić information content (AvgIpc) is 2.68. The molecule has 8 heteroatoms. The number of carbonyl (C=O) groups is 1. The van der Waals surface area contributed by atoms with E-state index in [4.69, 9.17) is 14.2 Å². The molecule has 0 aliphatic carbocycles. The molecule has 0 spiro atoms. The Morgan fingerprint density at radius 1 is 1.11 bits per heavy atom. The lowest BCUT2D eigenvalue weighted by molar-refractivity contribution is -0.118. The fraction of sp³-hybridized carbons (Fsp3) is 0.158. The molecule has 0 radical (unpaired) electrons. The third-order valence-electron chi connectivity index (χ3n) is 3.78. The Morgan fingerprint density at radius 2 is 1.93 bits per heavy atom. The lowest BCUT2D eigenvalue weighted by Crippen LogP contribution is -2.20. The number of hydrogen-bond acceptors (Lipinski definition) is 5. The smallest absolute Gasteiger partial charge is 0.262 e. The summed E-state index contributed by atoms with van der Waals surface area (Å²) in [4.78, 5) is 16.7. The van der Waals surface area contributed by atoms with E-state index < -0.39 is 0 Å². The number of carbonyl (C=O) groups excluding carboxylic acids is 1.